The Hall–Kier alpha value is -2.45. The quantitative estimate of drug-likeness (QED) is 0.799. The van der Waals surface area contributed by atoms with Crippen LogP contribution in [0.15, 0.2) is 47.4 Å². The first-order chi connectivity index (χ1) is 13.7. The maximum Gasteiger partial charge on any atom is 0.255 e. The van der Waals surface area contributed by atoms with E-state index in [4.69, 9.17) is 4.74 Å². The Kier molecular flexibility index (Phi) is 6.24. The first-order valence-electron chi connectivity index (χ1n) is 9.46. The summed E-state index contributed by atoms with van der Waals surface area (Å²) >= 11 is 0. The van der Waals surface area contributed by atoms with Crippen molar-refractivity contribution in [2.45, 2.75) is 25.2 Å². The summed E-state index contributed by atoms with van der Waals surface area (Å²) in [4.78, 5) is 12.6. The number of halogens is 1. The number of carbonyl (C=O) groups is 1. The fourth-order valence-electron chi connectivity index (χ4n) is 3.70. The molecule has 1 aliphatic heterocycles. The van der Waals surface area contributed by atoms with Gasteiger partial charge in [0.15, 0.2) is 0 Å². The van der Waals surface area contributed by atoms with Crippen LogP contribution in [-0.2, 0) is 10.0 Å². The number of benzene rings is 2. The number of sulfonamides is 1. The molecule has 6 nitrogen and oxygen atoms in total. The lowest BCUT2D eigenvalue weighted by molar-refractivity contribution is 0.102. The molecule has 2 unspecified atom stereocenters. The standard InChI is InChI=1S/C21H25FN2O4S/c1-14-10-15(2)13-24(12-14)29(26,27)20-11-16(4-9-19(20)28-3)21(25)23-18-7-5-17(22)6-8-18/h4-9,11,14-15H,10,12-13H2,1-3H3,(H,23,25). The molecule has 8 heteroatoms. The maximum absolute atomic E-state index is 13.3. The molecule has 1 heterocycles. The van der Waals surface area contributed by atoms with Crippen molar-refractivity contribution < 1.29 is 22.3 Å². The highest BCUT2D eigenvalue weighted by atomic mass is 32.2. The van der Waals surface area contributed by atoms with Gasteiger partial charge in [0.1, 0.15) is 16.5 Å². The summed E-state index contributed by atoms with van der Waals surface area (Å²) in [5, 5.41) is 2.64. The Morgan fingerprint density at radius 3 is 2.31 bits per heavy atom. The van der Waals surface area contributed by atoms with E-state index >= 15 is 0 Å². The van der Waals surface area contributed by atoms with Gasteiger partial charge in [-0.15, -0.1) is 0 Å². The Morgan fingerprint density at radius 1 is 1.10 bits per heavy atom. The monoisotopic (exact) mass is 420 g/mol. The van der Waals surface area contributed by atoms with Gasteiger partial charge in [0.25, 0.3) is 5.91 Å². The molecule has 0 aliphatic carbocycles. The minimum absolute atomic E-state index is 0.0342. The number of nitrogens with zero attached hydrogens (tertiary/aromatic N) is 1. The van der Waals surface area contributed by atoms with Crippen LogP contribution < -0.4 is 10.1 Å². The second-order valence-electron chi connectivity index (χ2n) is 7.59. The SMILES string of the molecule is COc1ccc(C(=O)Nc2ccc(F)cc2)cc1S(=O)(=O)N1CC(C)CC(C)C1. The molecule has 3 rings (SSSR count). The van der Waals surface area contributed by atoms with Crippen LogP contribution in [0.3, 0.4) is 0 Å². The zero-order valence-corrected chi connectivity index (χ0v) is 17.5. The number of piperidine rings is 1. The molecule has 0 radical (unpaired) electrons. The van der Waals surface area contributed by atoms with Crippen molar-refractivity contribution in [3.8, 4) is 5.75 Å². The van der Waals surface area contributed by atoms with E-state index in [0.717, 1.165) is 6.42 Å². The van der Waals surface area contributed by atoms with Crippen molar-refractivity contribution in [2.24, 2.45) is 11.8 Å². The summed E-state index contributed by atoms with van der Waals surface area (Å²) < 4.78 is 46.4. The Bertz CT molecular complexity index is 982. The second kappa shape index (κ2) is 8.51. The third kappa shape index (κ3) is 4.76. The number of hydrogen-bond acceptors (Lipinski definition) is 4. The van der Waals surface area contributed by atoms with Crippen molar-refractivity contribution in [1.29, 1.82) is 0 Å². The fraction of sp³-hybridized carbons (Fsp3) is 0.381. The van der Waals surface area contributed by atoms with Gasteiger partial charge in [-0.05, 0) is 60.7 Å². The molecule has 1 aliphatic rings. The van der Waals surface area contributed by atoms with E-state index in [1.165, 1.54) is 53.9 Å². The van der Waals surface area contributed by atoms with E-state index in [1.807, 2.05) is 13.8 Å². The summed E-state index contributed by atoms with van der Waals surface area (Å²) in [5.74, 6) is -0.204. The van der Waals surface area contributed by atoms with E-state index < -0.39 is 21.7 Å². The third-order valence-corrected chi connectivity index (χ3v) is 6.83. The first-order valence-corrected chi connectivity index (χ1v) is 10.9. The van der Waals surface area contributed by atoms with Gasteiger partial charge in [-0.3, -0.25) is 4.79 Å². The lowest BCUT2D eigenvalue weighted by Crippen LogP contribution is -2.42. The topological polar surface area (TPSA) is 75.7 Å². The average molecular weight is 421 g/mol. The van der Waals surface area contributed by atoms with Gasteiger partial charge < -0.3 is 10.1 Å². The molecule has 156 valence electrons. The summed E-state index contributed by atoms with van der Waals surface area (Å²) in [5.41, 5.74) is 0.585. The zero-order chi connectivity index (χ0) is 21.2. The van der Waals surface area contributed by atoms with Gasteiger partial charge in [-0.1, -0.05) is 13.8 Å². The van der Waals surface area contributed by atoms with Crippen LogP contribution in [0.2, 0.25) is 0 Å². The normalized spacial score (nSPS) is 20.3. The average Bonchev–Trinajstić information content (AvgIpc) is 2.68. The number of hydrogen-bond donors (Lipinski definition) is 1. The van der Waals surface area contributed by atoms with Crippen molar-refractivity contribution in [2.75, 3.05) is 25.5 Å². The van der Waals surface area contributed by atoms with E-state index in [9.17, 15) is 17.6 Å². The molecule has 1 saturated heterocycles. The largest absolute Gasteiger partial charge is 0.495 e. The molecule has 29 heavy (non-hydrogen) atoms. The number of amides is 1. The number of ether oxygens (including phenoxy) is 1. The maximum atomic E-state index is 13.3. The van der Waals surface area contributed by atoms with Gasteiger partial charge >= 0.3 is 0 Å². The van der Waals surface area contributed by atoms with Crippen molar-refractivity contribution in [3.63, 3.8) is 0 Å². The highest BCUT2D eigenvalue weighted by molar-refractivity contribution is 7.89. The van der Waals surface area contributed by atoms with Crippen LogP contribution >= 0.6 is 0 Å². The van der Waals surface area contributed by atoms with Crippen molar-refractivity contribution >= 4 is 21.6 Å². The first kappa shape index (κ1) is 21.3. The lowest BCUT2D eigenvalue weighted by Gasteiger charge is -2.34. The Morgan fingerprint density at radius 2 is 1.72 bits per heavy atom. The zero-order valence-electron chi connectivity index (χ0n) is 16.7. The third-order valence-electron chi connectivity index (χ3n) is 4.98. The molecule has 2 aromatic carbocycles. The van der Waals surface area contributed by atoms with Crippen LogP contribution in [0.1, 0.15) is 30.6 Å². The van der Waals surface area contributed by atoms with Crippen LogP contribution in [0.25, 0.3) is 0 Å². The van der Waals surface area contributed by atoms with E-state index in [2.05, 4.69) is 5.32 Å². The molecule has 0 spiro atoms. The minimum atomic E-state index is -3.83. The van der Waals surface area contributed by atoms with Crippen molar-refractivity contribution in [3.05, 3.63) is 53.8 Å². The smallest absolute Gasteiger partial charge is 0.255 e. The van der Waals surface area contributed by atoms with Gasteiger partial charge in [0.2, 0.25) is 10.0 Å². The number of methoxy groups -OCH3 is 1. The van der Waals surface area contributed by atoms with Gasteiger partial charge in [-0.2, -0.15) is 4.31 Å². The van der Waals surface area contributed by atoms with Crippen LogP contribution in [0, 0.1) is 17.7 Å². The summed E-state index contributed by atoms with van der Waals surface area (Å²) in [6.07, 6.45) is 0.975. The molecule has 1 N–H and O–H groups in total. The fourth-order valence-corrected chi connectivity index (χ4v) is 5.56. The van der Waals surface area contributed by atoms with Gasteiger partial charge in [-0.25, -0.2) is 12.8 Å². The molecular weight excluding hydrogens is 395 g/mol. The van der Waals surface area contributed by atoms with Crippen LogP contribution in [0.5, 0.6) is 5.75 Å². The molecule has 0 bridgehead atoms. The van der Waals surface area contributed by atoms with Gasteiger partial charge in [0, 0.05) is 24.3 Å². The molecule has 1 fully saturated rings. The molecule has 2 aromatic rings. The highest BCUT2D eigenvalue weighted by Crippen LogP contribution is 2.32. The van der Waals surface area contributed by atoms with Gasteiger partial charge in [0.05, 0.1) is 7.11 Å². The molecule has 0 saturated carbocycles. The predicted octanol–water partition coefficient (Wildman–Crippen LogP) is 3.75. The lowest BCUT2D eigenvalue weighted by atomic mass is 9.94. The molecular formula is C21H25FN2O4S. The Balaban J connectivity index is 1.92. The van der Waals surface area contributed by atoms with Crippen LogP contribution in [0.4, 0.5) is 10.1 Å². The summed E-state index contributed by atoms with van der Waals surface area (Å²) in [7, 11) is -2.43. The molecule has 2 atom stereocenters. The highest BCUT2D eigenvalue weighted by Gasteiger charge is 2.34. The Labute approximate surface area is 170 Å². The number of anilines is 1. The minimum Gasteiger partial charge on any atom is -0.495 e. The second-order valence-corrected chi connectivity index (χ2v) is 9.50. The summed E-state index contributed by atoms with van der Waals surface area (Å²) in [6.45, 7) is 4.92. The molecule has 1 amide bonds. The summed E-state index contributed by atoms with van der Waals surface area (Å²) in [6, 6.07) is 9.64. The number of rotatable bonds is 5. The van der Waals surface area contributed by atoms with E-state index in [-0.39, 0.29) is 28.0 Å². The van der Waals surface area contributed by atoms with Crippen LogP contribution in [-0.4, -0.2) is 38.8 Å². The number of nitrogens with one attached hydrogen (secondary N) is 1. The van der Waals surface area contributed by atoms with E-state index in [1.54, 1.807) is 0 Å². The van der Waals surface area contributed by atoms with E-state index in [0.29, 0.717) is 18.8 Å². The molecule has 0 aromatic heterocycles. The number of carbonyl (C=O) groups excluding carboxylic acids is 1. The predicted molar refractivity (Wildman–Crippen MR) is 109 cm³/mol. The van der Waals surface area contributed by atoms with Crippen molar-refractivity contribution in [1.82, 2.24) is 4.31 Å².